The normalized spacial score (nSPS) is 32.4. The third-order valence-corrected chi connectivity index (χ3v) is 29.5. The number of nitrogens with one attached hydrogen (secondary N) is 4. The van der Waals surface area contributed by atoms with Crippen molar-refractivity contribution >= 4 is 115 Å². The van der Waals surface area contributed by atoms with E-state index < -0.39 is 202 Å². The predicted octanol–water partition coefficient (Wildman–Crippen LogP) is 8.73. The Balaban J connectivity index is 0.000000145. The standard InChI is InChI=1S/4C24H31FN6O4S/c4*1-3-8-36-24-27-22(26-16-10-14(16)13-5-4-12(2)15(25)9-13)19-23(28-24)31(30-29-19)17-11-18(35-7-6-32)21(34)20(17)33/h4*4-5,9,14,16-18,20-21,32-34H,3,6-8,10-11H2,1-2H3,(H,26,27,28)/t4*14-,16+,17+,18-,20-,21+/m0000/s1/i3D2,6D2,7D2,8D2,10D2,16D;7D2,14D;6D2,14D;14D. The number of halogens is 4. The van der Waals surface area contributed by atoms with Gasteiger partial charge >= 0.3 is 0 Å². The van der Waals surface area contributed by atoms with Crippen LogP contribution in [0.15, 0.2) is 93.4 Å². The number of aromatic nitrogens is 20. The van der Waals surface area contributed by atoms with Crippen LogP contribution < -0.4 is 21.3 Å². The Hall–Kier alpha value is -9.52. The van der Waals surface area contributed by atoms with E-state index in [1.165, 1.54) is 86.6 Å². The fourth-order valence-electron chi connectivity index (χ4n) is 17.6. The molecule has 0 amide bonds. The highest BCUT2D eigenvalue weighted by atomic mass is 32.2. The molecule has 8 heterocycles. The van der Waals surface area contributed by atoms with Gasteiger partial charge < -0.3 is 101 Å². The molecule has 8 fully saturated rings. The van der Waals surface area contributed by atoms with E-state index in [9.17, 15) is 73.7 Å². The number of thioether (sulfide) groups is 4. The summed E-state index contributed by atoms with van der Waals surface area (Å²) >= 11 is 4.59. The Morgan fingerprint density at radius 3 is 1.01 bits per heavy atom. The van der Waals surface area contributed by atoms with Gasteiger partial charge in [-0.1, -0.05) is 144 Å². The summed E-state index contributed by atoms with van der Waals surface area (Å²) in [6.45, 7) is 0.222. The highest BCUT2D eigenvalue weighted by molar-refractivity contribution is 7.99. The van der Waals surface area contributed by atoms with Gasteiger partial charge in [-0.25, -0.2) is 76.2 Å². The first-order chi connectivity index (χ1) is 76.0. The summed E-state index contributed by atoms with van der Waals surface area (Å²) < 4.78 is 228. The van der Waals surface area contributed by atoms with Crippen LogP contribution in [0.4, 0.5) is 40.8 Å². The quantitative estimate of drug-likeness (QED) is 0.00969. The Labute approximate surface area is 869 Å². The molecule has 0 saturated heterocycles. The summed E-state index contributed by atoms with van der Waals surface area (Å²) in [4.78, 5) is 36.2. The van der Waals surface area contributed by atoms with Crippen LogP contribution in [0, 0.1) is 51.0 Å². The van der Waals surface area contributed by atoms with Gasteiger partial charge in [-0.2, -0.15) is 0 Å². The van der Waals surface area contributed by atoms with E-state index in [0.717, 1.165) is 54.2 Å². The number of anilines is 4. The molecule has 12 aromatic rings. The molecular formula is C96H124F4N24O16S4. The lowest BCUT2D eigenvalue weighted by molar-refractivity contribution is -0.0629. The van der Waals surface area contributed by atoms with Gasteiger partial charge in [0, 0.05) is 109 Å². The van der Waals surface area contributed by atoms with E-state index >= 15 is 0 Å². The second-order valence-corrected chi connectivity index (χ2v) is 39.6. The number of aliphatic hydroxyl groups is 12. The minimum atomic E-state index is -3.47. The van der Waals surface area contributed by atoms with Crippen LogP contribution in [0.5, 0.6) is 0 Å². The first-order valence-electron chi connectivity index (χ1n) is 55.9. The lowest BCUT2D eigenvalue weighted by Gasteiger charge is -2.17. The van der Waals surface area contributed by atoms with Gasteiger partial charge in [0.25, 0.3) is 0 Å². The Morgan fingerprint density at radius 1 is 0.382 bits per heavy atom. The van der Waals surface area contributed by atoms with Crippen molar-refractivity contribution in [2.75, 3.05) is 96.9 Å². The number of fused-ring (bicyclic) bond motifs is 4. The van der Waals surface area contributed by atoms with Crippen molar-refractivity contribution in [3.05, 3.63) is 141 Å². The largest absolute Gasteiger partial charge is 0.394 e. The molecule has 48 heteroatoms. The lowest BCUT2D eigenvalue weighted by atomic mass is 10.1. The molecule has 8 aliphatic rings. The maximum absolute atomic E-state index is 14.4. The molecule has 24 atom stereocenters. The van der Waals surface area contributed by atoms with Gasteiger partial charge in [-0.3, -0.25) is 0 Å². The SMILES string of the molecule is [2H]C([2H])(C)C([2H])([2H])Sc1nc(N[C@@]2([2H])[C@H](c3ccc(C)c(F)c3)C2([2H])[2H])c2nnn([C@@H]3C[C@H](OC([2H])([2H])C([2H])([2H])O)[C@@H](O)[C@H]3O)c2n1.[2H]C([2H])(CO)O[C@H]1C[C@@H](n2nnc3c(N[C@@H]4C[C@@]4([2H])c4ccc(C)c(F)c4)nc(SCCC)nc32)[C@H](O)[C@@H]1O.[2H]C([2H])(O)CO[C@H]1C[C@@H](n2nnc3c(N[C@@H]4C[C@@]4([2H])c4ccc(C)c(F)c4)nc(SCCC)nc32)[C@H](O)[C@@H]1O.[2H][C@@]1(c2ccc(C)c(F)c2)C[C@H]1Nc1nc(SCCC)nc2c1nnn2[C@@H]1C[C@H](OCCO)[C@@H](O)[C@H]1O. The van der Waals surface area contributed by atoms with Crippen LogP contribution in [-0.2, 0) is 18.9 Å². The zero-order valence-corrected chi connectivity index (χ0v) is 82.4. The van der Waals surface area contributed by atoms with Gasteiger partial charge in [0.05, 0.1) is 114 Å². The molecule has 0 radical (unpaired) electrons. The lowest BCUT2D eigenvalue weighted by Crippen LogP contribution is -2.33. The van der Waals surface area contributed by atoms with Crippen LogP contribution >= 0.6 is 47.0 Å². The summed E-state index contributed by atoms with van der Waals surface area (Å²) in [7, 11) is 0. The summed E-state index contributed by atoms with van der Waals surface area (Å²) in [5.74, 6) is -2.81. The first-order valence-corrected chi connectivity index (χ1v) is 50.7. The number of aryl methyl sites for hydroxylation is 4. The fraction of sp³-hybridized carbons (Fsp3) is 0.583. The molecule has 16 N–H and O–H groups in total. The number of hydrogen-bond acceptors (Lipinski definition) is 40. The smallest absolute Gasteiger partial charge is 0.191 e. The van der Waals surface area contributed by atoms with Crippen molar-refractivity contribution in [2.45, 2.75) is 298 Å². The zero-order valence-electron chi connectivity index (χ0n) is 97.1. The fourth-order valence-corrected chi connectivity index (χ4v) is 20.1. The molecule has 144 heavy (non-hydrogen) atoms. The first kappa shape index (κ1) is 84.4. The number of aliphatic hydroxyl groups excluding tert-OH is 10. The summed E-state index contributed by atoms with van der Waals surface area (Å²) in [5, 5.41) is 169. The Kier molecular flexibility index (Phi) is 27.7. The second-order valence-electron chi connectivity index (χ2n) is 35.6. The van der Waals surface area contributed by atoms with Crippen LogP contribution in [-0.4, -0.2) is 334 Å². The second kappa shape index (κ2) is 47.3. The molecular weight excluding hydrogens is 1950 g/mol. The van der Waals surface area contributed by atoms with E-state index in [-0.39, 0.29) is 102 Å². The number of rotatable bonds is 40. The highest BCUT2D eigenvalue weighted by Gasteiger charge is 2.51. The van der Waals surface area contributed by atoms with Gasteiger partial charge in [-0.05, 0) is 148 Å². The molecule has 0 bridgehead atoms. The van der Waals surface area contributed by atoms with Gasteiger partial charge in [-0.15, -0.1) is 20.4 Å². The van der Waals surface area contributed by atoms with Crippen LogP contribution in [0.3, 0.4) is 0 Å². The maximum atomic E-state index is 14.4. The molecule has 0 unspecified atom stereocenters. The van der Waals surface area contributed by atoms with Crippen molar-refractivity contribution in [3.63, 3.8) is 0 Å². The van der Waals surface area contributed by atoms with E-state index in [4.69, 9.17) is 48.7 Å². The molecule has 8 aromatic heterocycles. The van der Waals surface area contributed by atoms with Crippen LogP contribution in [0.2, 0.25) is 0 Å². The number of hydrogen-bond donors (Lipinski definition) is 16. The minimum absolute atomic E-state index is 0.00193. The topological polar surface area (TPSA) is 554 Å². The van der Waals surface area contributed by atoms with Crippen molar-refractivity contribution in [2.24, 2.45) is 0 Å². The highest BCUT2D eigenvalue weighted by Crippen LogP contribution is 2.50. The monoisotopic (exact) mass is 2090 g/mol. The molecule has 4 aromatic carbocycles. The van der Waals surface area contributed by atoms with Crippen molar-refractivity contribution in [1.29, 1.82) is 0 Å². The summed E-state index contributed by atoms with van der Waals surface area (Å²) in [6, 6.07) is 11.9. The molecule has 8 saturated carbocycles. The van der Waals surface area contributed by atoms with Gasteiger partial charge in [0.1, 0.15) is 72.1 Å². The van der Waals surface area contributed by atoms with E-state index in [0.29, 0.717) is 125 Å². The Bertz CT molecular complexity index is 7400. The van der Waals surface area contributed by atoms with Gasteiger partial charge in [0.2, 0.25) is 0 Å². The van der Waals surface area contributed by atoms with Crippen molar-refractivity contribution in [1.82, 2.24) is 99.8 Å². The zero-order chi connectivity index (χ0) is 118. The van der Waals surface area contributed by atoms with E-state index in [2.05, 4.69) is 109 Å². The maximum Gasteiger partial charge on any atom is 0.191 e. The minimum Gasteiger partial charge on any atom is -0.394 e. The third kappa shape index (κ3) is 23.8. The molecule has 40 nitrogen and oxygen atoms in total. The van der Waals surface area contributed by atoms with Crippen molar-refractivity contribution in [3.8, 4) is 0 Å². The van der Waals surface area contributed by atoms with Crippen LogP contribution in [0.25, 0.3) is 44.7 Å². The molecule has 776 valence electrons. The summed E-state index contributed by atoms with van der Waals surface area (Å²) in [5.41, 5.74) is 2.74. The number of nitrogens with zero attached hydrogens (tertiary/aromatic N) is 20. The average molecular weight is 2090 g/mol. The molecule has 0 spiro atoms. The van der Waals surface area contributed by atoms with E-state index in [1.54, 1.807) is 57.2 Å². The Morgan fingerprint density at radius 2 is 0.694 bits per heavy atom. The van der Waals surface area contributed by atoms with E-state index in [1.807, 2.05) is 13.8 Å². The van der Waals surface area contributed by atoms with Crippen molar-refractivity contribution < 1.29 is 122 Å². The number of ether oxygens (including phenoxy) is 4. The number of benzene rings is 4. The van der Waals surface area contributed by atoms with Gasteiger partial charge in [0.15, 0.2) is 88.6 Å². The molecule has 0 aliphatic heterocycles. The van der Waals surface area contributed by atoms with Crippen LogP contribution in [0.1, 0.15) is 222 Å². The summed E-state index contributed by atoms with van der Waals surface area (Å²) in [6.07, 6.45) is -16.2. The average Bonchev–Trinajstić information content (AvgIpc) is 1.51. The predicted molar refractivity (Wildman–Crippen MR) is 530 cm³/mol. The molecule has 20 rings (SSSR count). The molecule has 8 aliphatic carbocycles. The third-order valence-electron chi connectivity index (χ3n) is 25.7.